The standard InChI is InChI=1S/C14H23N3O4S/c1-9-7-5-6-8-11(9)15-22(20,21)12-10(2)16(3)14(19)17(4)13(12)18/h9,11,15H,5-8H2,1-4H3/t9-,11+/m0/s1. The van der Waals surface area contributed by atoms with Crippen LogP contribution in [0.3, 0.4) is 0 Å². The molecule has 1 aromatic heterocycles. The van der Waals surface area contributed by atoms with Gasteiger partial charge in [0.25, 0.3) is 5.56 Å². The van der Waals surface area contributed by atoms with E-state index in [9.17, 15) is 18.0 Å². The SMILES string of the molecule is Cc1c(S(=O)(=O)N[C@@H]2CCCC[C@@H]2C)c(=O)n(C)c(=O)n1C. The lowest BCUT2D eigenvalue weighted by Gasteiger charge is -2.29. The minimum atomic E-state index is -3.96. The van der Waals surface area contributed by atoms with Gasteiger partial charge in [0.2, 0.25) is 10.0 Å². The smallest absolute Gasteiger partial charge is 0.300 e. The Morgan fingerprint density at radius 3 is 2.27 bits per heavy atom. The second-order valence-corrected chi connectivity index (χ2v) is 7.76. The highest BCUT2D eigenvalue weighted by Crippen LogP contribution is 2.25. The van der Waals surface area contributed by atoms with Gasteiger partial charge in [-0.1, -0.05) is 19.8 Å². The maximum absolute atomic E-state index is 12.7. The molecule has 0 unspecified atom stereocenters. The molecule has 124 valence electrons. The van der Waals surface area contributed by atoms with Crippen LogP contribution in [0.1, 0.15) is 38.3 Å². The molecule has 1 aliphatic rings. The lowest BCUT2D eigenvalue weighted by atomic mass is 9.87. The predicted molar refractivity (Wildman–Crippen MR) is 83.4 cm³/mol. The summed E-state index contributed by atoms with van der Waals surface area (Å²) >= 11 is 0. The van der Waals surface area contributed by atoms with E-state index in [4.69, 9.17) is 0 Å². The first-order valence-electron chi connectivity index (χ1n) is 7.45. The summed E-state index contributed by atoms with van der Waals surface area (Å²) in [7, 11) is -1.22. The highest BCUT2D eigenvalue weighted by atomic mass is 32.2. The summed E-state index contributed by atoms with van der Waals surface area (Å²) < 4.78 is 30.0. The van der Waals surface area contributed by atoms with Crippen molar-refractivity contribution >= 4 is 10.0 Å². The summed E-state index contributed by atoms with van der Waals surface area (Å²) in [6.07, 6.45) is 3.81. The third kappa shape index (κ3) is 2.89. The van der Waals surface area contributed by atoms with E-state index in [1.165, 1.54) is 25.6 Å². The predicted octanol–water partition coefficient (Wildman–Crippen LogP) is 0.249. The molecular weight excluding hydrogens is 306 g/mol. The molecule has 1 N–H and O–H groups in total. The van der Waals surface area contributed by atoms with Gasteiger partial charge in [-0.05, 0) is 25.7 Å². The van der Waals surface area contributed by atoms with Gasteiger partial charge in [-0.15, -0.1) is 0 Å². The van der Waals surface area contributed by atoms with E-state index in [0.29, 0.717) is 0 Å². The fourth-order valence-corrected chi connectivity index (χ4v) is 4.73. The minimum Gasteiger partial charge on any atom is -0.300 e. The van der Waals surface area contributed by atoms with Gasteiger partial charge in [-0.2, -0.15) is 0 Å². The fourth-order valence-electron chi connectivity index (χ4n) is 2.97. The molecular formula is C14H23N3O4S. The summed E-state index contributed by atoms with van der Waals surface area (Å²) in [5.41, 5.74) is -1.16. The van der Waals surface area contributed by atoms with Crippen molar-refractivity contribution in [3.05, 3.63) is 26.5 Å². The molecule has 1 heterocycles. The van der Waals surface area contributed by atoms with Crippen molar-refractivity contribution in [3.63, 3.8) is 0 Å². The van der Waals surface area contributed by atoms with Crippen molar-refractivity contribution < 1.29 is 8.42 Å². The molecule has 7 nitrogen and oxygen atoms in total. The molecule has 2 atom stereocenters. The molecule has 0 bridgehead atoms. The zero-order chi connectivity index (χ0) is 16.7. The lowest BCUT2D eigenvalue weighted by Crippen LogP contribution is -2.47. The van der Waals surface area contributed by atoms with Crippen molar-refractivity contribution in [2.75, 3.05) is 0 Å². The number of sulfonamides is 1. The van der Waals surface area contributed by atoms with E-state index in [-0.39, 0.29) is 22.5 Å². The molecule has 0 spiro atoms. The third-order valence-electron chi connectivity index (χ3n) is 4.59. The van der Waals surface area contributed by atoms with E-state index in [0.717, 1.165) is 30.3 Å². The number of hydrogen-bond acceptors (Lipinski definition) is 4. The van der Waals surface area contributed by atoms with Gasteiger partial charge in [-0.3, -0.25) is 13.9 Å². The highest BCUT2D eigenvalue weighted by molar-refractivity contribution is 7.89. The molecule has 0 saturated heterocycles. The lowest BCUT2D eigenvalue weighted by molar-refractivity contribution is 0.310. The molecule has 0 aromatic carbocycles. The largest absolute Gasteiger partial charge is 0.330 e. The minimum absolute atomic E-state index is 0.157. The van der Waals surface area contributed by atoms with Crippen LogP contribution in [0.25, 0.3) is 0 Å². The van der Waals surface area contributed by atoms with E-state index in [1.807, 2.05) is 6.92 Å². The average Bonchev–Trinajstić information content (AvgIpc) is 2.45. The van der Waals surface area contributed by atoms with Crippen molar-refractivity contribution in [1.29, 1.82) is 0 Å². The Morgan fingerprint density at radius 2 is 1.68 bits per heavy atom. The number of nitrogens with zero attached hydrogens (tertiary/aromatic N) is 2. The van der Waals surface area contributed by atoms with E-state index in [1.54, 1.807) is 0 Å². The first kappa shape index (κ1) is 17.0. The van der Waals surface area contributed by atoms with Crippen LogP contribution in [0, 0.1) is 12.8 Å². The van der Waals surface area contributed by atoms with Crippen LogP contribution in [0.4, 0.5) is 0 Å². The Bertz CT molecular complexity index is 792. The Labute approximate surface area is 130 Å². The van der Waals surface area contributed by atoms with Gasteiger partial charge in [0.05, 0.1) is 0 Å². The van der Waals surface area contributed by atoms with Gasteiger partial charge in [0.15, 0.2) is 4.90 Å². The van der Waals surface area contributed by atoms with Crippen molar-refractivity contribution in [3.8, 4) is 0 Å². The highest BCUT2D eigenvalue weighted by Gasteiger charge is 2.30. The van der Waals surface area contributed by atoms with E-state index < -0.39 is 21.3 Å². The summed E-state index contributed by atoms with van der Waals surface area (Å²) in [5, 5.41) is 0. The first-order chi connectivity index (χ1) is 10.2. The monoisotopic (exact) mass is 329 g/mol. The number of rotatable bonds is 3. The topological polar surface area (TPSA) is 90.2 Å². The summed E-state index contributed by atoms with van der Waals surface area (Å²) in [6, 6.07) is -0.167. The molecule has 1 saturated carbocycles. The molecule has 2 rings (SSSR count). The third-order valence-corrected chi connectivity index (χ3v) is 6.21. The van der Waals surface area contributed by atoms with E-state index in [2.05, 4.69) is 4.72 Å². The fraction of sp³-hybridized carbons (Fsp3) is 0.714. The number of hydrogen-bond donors (Lipinski definition) is 1. The first-order valence-corrected chi connectivity index (χ1v) is 8.94. The molecule has 0 radical (unpaired) electrons. The van der Waals surface area contributed by atoms with Gasteiger partial charge in [-0.25, -0.2) is 17.9 Å². The summed E-state index contributed by atoms with van der Waals surface area (Å²) in [5.74, 6) is 0.236. The van der Waals surface area contributed by atoms with Crippen LogP contribution in [-0.4, -0.2) is 23.6 Å². The molecule has 0 amide bonds. The number of nitrogens with one attached hydrogen (secondary N) is 1. The Morgan fingerprint density at radius 1 is 1.09 bits per heavy atom. The van der Waals surface area contributed by atoms with Crippen LogP contribution in [0.15, 0.2) is 14.5 Å². The quantitative estimate of drug-likeness (QED) is 0.861. The van der Waals surface area contributed by atoms with Gasteiger partial charge in [0.1, 0.15) is 0 Å². The van der Waals surface area contributed by atoms with Gasteiger partial charge >= 0.3 is 5.69 Å². The molecule has 8 heteroatoms. The normalized spacial score (nSPS) is 22.7. The summed E-state index contributed by atoms with van der Waals surface area (Å²) in [4.78, 5) is 23.8. The second kappa shape index (κ2) is 6.00. The Hall–Kier alpha value is -1.41. The molecule has 0 aliphatic heterocycles. The second-order valence-electron chi connectivity index (χ2n) is 6.11. The van der Waals surface area contributed by atoms with Crippen molar-refractivity contribution in [2.45, 2.75) is 50.5 Å². The maximum atomic E-state index is 12.7. The average molecular weight is 329 g/mol. The Kier molecular flexibility index (Phi) is 4.62. The van der Waals surface area contributed by atoms with Crippen LogP contribution >= 0.6 is 0 Å². The summed E-state index contributed by atoms with van der Waals surface area (Å²) in [6.45, 7) is 3.49. The zero-order valence-electron chi connectivity index (χ0n) is 13.4. The van der Waals surface area contributed by atoms with Crippen molar-refractivity contribution in [2.24, 2.45) is 20.0 Å². The van der Waals surface area contributed by atoms with Gasteiger partial charge < -0.3 is 0 Å². The molecule has 1 aliphatic carbocycles. The van der Waals surface area contributed by atoms with Crippen LogP contribution in [-0.2, 0) is 24.1 Å². The van der Waals surface area contributed by atoms with Gasteiger partial charge in [0, 0.05) is 25.8 Å². The molecule has 1 fully saturated rings. The van der Waals surface area contributed by atoms with Crippen LogP contribution < -0.4 is 16.0 Å². The maximum Gasteiger partial charge on any atom is 0.330 e. The number of aromatic nitrogens is 2. The Balaban J connectivity index is 2.51. The van der Waals surface area contributed by atoms with Crippen molar-refractivity contribution in [1.82, 2.24) is 13.9 Å². The van der Waals surface area contributed by atoms with Crippen LogP contribution in [0.5, 0.6) is 0 Å². The molecule has 22 heavy (non-hydrogen) atoms. The van der Waals surface area contributed by atoms with E-state index >= 15 is 0 Å². The zero-order valence-corrected chi connectivity index (χ0v) is 14.2. The molecule has 1 aromatic rings. The van der Waals surface area contributed by atoms with Crippen LogP contribution in [0.2, 0.25) is 0 Å².